The van der Waals surface area contributed by atoms with Gasteiger partial charge < -0.3 is 23.9 Å². The van der Waals surface area contributed by atoms with E-state index >= 15 is 0 Å². The number of likely N-dealkylation sites (N-methyl/N-ethyl adjacent to an activating group) is 1. The zero-order valence-corrected chi connectivity index (χ0v) is 20.0. The number of carbonyl (C=O) groups is 3. The van der Waals surface area contributed by atoms with Gasteiger partial charge in [0.05, 0.1) is 27.6 Å². The van der Waals surface area contributed by atoms with Crippen LogP contribution in [-0.2, 0) is 26.5 Å². The molecule has 0 saturated carbocycles. The number of nitrogens with zero attached hydrogens (tertiary/aromatic N) is 3. The van der Waals surface area contributed by atoms with Gasteiger partial charge in [-0.2, -0.15) is 0 Å². The van der Waals surface area contributed by atoms with Crippen molar-refractivity contribution >= 4 is 61.5 Å². The first-order chi connectivity index (χ1) is 17.9. The van der Waals surface area contributed by atoms with Crippen molar-refractivity contribution in [1.29, 1.82) is 0 Å². The minimum Gasteiger partial charge on any atom is -0.427 e. The molecule has 0 aliphatic carbocycles. The molecule has 2 aromatic heterocycles. The fourth-order valence-corrected chi connectivity index (χ4v) is 7.47. The maximum absolute atomic E-state index is 13.8. The molecule has 9 heteroatoms. The minimum absolute atomic E-state index is 0.0869. The molecule has 1 N–H and O–H groups in total. The molecular weight excluding hydrogens is 472 g/mol. The number of aromatic nitrogens is 2. The number of hydrogen-bond donors (Lipinski definition) is 1. The van der Waals surface area contributed by atoms with E-state index in [2.05, 4.69) is 14.5 Å². The molecule has 0 radical (unpaired) electrons. The molecule has 9 rings (SSSR count). The fraction of sp³-hybridized carbons (Fsp3) is 0.250. The average molecular weight is 492 g/mol. The summed E-state index contributed by atoms with van der Waals surface area (Å²) in [5.41, 5.74) is 2.30. The van der Waals surface area contributed by atoms with Crippen LogP contribution in [0.2, 0.25) is 0 Å². The Balaban J connectivity index is 1.60. The fourth-order valence-electron chi connectivity index (χ4n) is 7.47. The van der Waals surface area contributed by atoms with Crippen molar-refractivity contribution in [3.8, 4) is 0 Å². The smallest absolute Gasteiger partial charge is 0.417 e. The number of rotatable bonds is 0. The maximum Gasteiger partial charge on any atom is 0.417 e. The number of ether oxygens (including phenoxy) is 2. The largest absolute Gasteiger partial charge is 0.427 e. The molecule has 2 bridgehead atoms. The highest BCUT2D eigenvalue weighted by Gasteiger charge is 2.72. The summed E-state index contributed by atoms with van der Waals surface area (Å²) in [6, 6.07) is 15.9. The molecule has 0 unspecified atom stereocenters. The van der Waals surface area contributed by atoms with Gasteiger partial charge in [-0.05, 0) is 24.6 Å². The van der Waals surface area contributed by atoms with Gasteiger partial charge in [-0.1, -0.05) is 36.4 Å². The van der Waals surface area contributed by atoms with Crippen LogP contribution < -0.4 is 5.32 Å². The molecule has 5 aromatic rings. The Kier molecular flexibility index (Phi) is 3.09. The first-order valence-corrected chi connectivity index (χ1v) is 12.4. The number of para-hydroxylation sites is 2. The second kappa shape index (κ2) is 5.78. The summed E-state index contributed by atoms with van der Waals surface area (Å²) in [5.74, 6) is -0.501. The Hall–Kier alpha value is -4.37. The van der Waals surface area contributed by atoms with Crippen molar-refractivity contribution in [2.24, 2.45) is 0 Å². The Morgan fingerprint density at radius 3 is 2.38 bits per heavy atom. The highest BCUT2D eigenvalue weighted by molar-refractivity contribution is 6.31. The van der Waals surface area contributed by atoms with E-state index in [0.717, 1.165) is 54.1 Å². The molecular formula is C28H20N4O5. The first kappa shape index (κ1) is 19.8. The van der Waals surface area contributed by atoms with Gasteiger partial charge in [0.15, 0.2) is 5.72 Å². The van der Waals surface area contributed by atoms with E-state index in [1.54, 1.807) is 0 Å². The van der Waals surface area contributed by atoms with E-state index < -0.39 is 29.6 Å². The summed E-state index contributed by atoms with van der Waals surface area (Å²) >= 11 is 0. The van der Waals surface area contributed by atoms with Gasteiger partial charge in [0.2, 0.25) is 5.60 Å². The summed E-state index contributed by atoms with van der Waals surface area (Å²) in [6.07, 6.45) is -1.12. The minimum atomic E-state index is -1.54. The van der Waals surface area contributed by atoms with Gasteiger partial charge in [0, 0.05) is 41.6 Å². The predicted molar refractivity (Wildman–Crippen MR) is 134 cm³/mol. The van der Waals surface area contributed by atoms with Gasteiger partial charge in [-0.3, -0.25) is 9.59 Å². The standard InChI is InChI=1S/C28H20N4O5/c1-27-28(25(34)30(2)26(35)37-28)11-18(36-27)31-16-9-5-3-7-13(16)20-21-15(12-29-24(21)33)19-14-8-4-6-10-17(14)32(27)23(19)22(20)31/h3-10,18H,11-12H2,1-2H3,(H,29,33)/t18-,27-,28+/m0/s1. The van der Waals surface area contributed by atoms with Crippen LogP contribution in [-0.4, -0.2) is 44.6 Å². The third-order valence-electron chi connectivity index (χ3n) is 8.99. The van der Waals surface area contributed by atoms with E-state index in [-0.39, 0.29) is 12.3 Å². The van der Waals surface area contributed by atoms with Crippen molar-refractivity contribution in [2.45, 2.75) is 37.4 Å². The molecule has 182 valence electrons. The molecule has 3 atom stereocenters. The SMILES string of the molecule is CN1C(=O)O[C@]2(C[C@@H]3O[C@]2(C)n2c4ccccc4c4c5c(c6c7ccccc7n3c6c42)C(=O)NC5)C1=O. The Bertz CT molecular complexity index is 1990. The number of carbonyl (C=O) groups excluding carboxylic acids is 3. The van der Waals surface area contributed by atoms with Crippen molar-refractivity contribution in [2.75, 3.05) is 7.05 Å². The molecule has 4 aliphatic rings. The predicted octanol–water partition coefficient (Wildman–Crippen LogP) is 4.10. The third-order valence-corrected chi connectivity index (χ3v) is 8.99. The number of hydrogen-bond acceptors (Lipinski definition) is 5. The van der Waals surface area contributed by atoms with Crippen molar-refractivity contribution in [3.63, 3.8) is 0 Å². The van der Waals surface area contributed by atoms with Crippen LogP contribution in [0.15, 0.2) is 48.5 Å². The quantitative estimate of drug-likeness (QED) is 0.351. The molecule has 3 amide bonds. The van der Waals surface area contributed by atoms with Crippen LogP contribution in [0.5, 0.6) is 0 Å². The summed E-state index contributed by atoms with van der Waals surface area (Å²) in [5, 5.41) is 6.80. The second-order valence-electron chi connectivity index (χ2n) is 10.5. The van der Waals surface area contributed by atoms with E-state index in [9.17, 15) is 14.4 Å². The number of benzene rings is 3. The van der Waals surface area contributed by atoms with Crippen LogP contribution in [0, 0.1) is 0 Å². The number of imide groups is 1. The molecule has 4 aliphatic heterocycles. The molecule has 2 saturated heterocycles. The Morgan fingerprint density at radius 1 is 0.946 bits per heavy atom. The lowest BCUT2D eigenvalue weighted by atomic mass is 9.87. The zero-order valence-electron chi connectivity index (χ0n) is 20.0. The second-order valence-corrected chi connectivity index (χ2v) is 10.5. The van der Waals surface area contributed by atoms with E-state index in [1.807, 2.05) is 55.5 Å². The Labute approximate surface area is 209 Å². The number of amides is 3. The molecule has 2 fully saturated rings. The molecule has 37 heavy (non-hydrogen) atoms. The zero-order chi connectivity index (χ0) is 25.0. The highest BCUT2D eigenvalue weighted by atomic mass is 16.6. The number of fused-ring (bicyclic) bond motifs is 14. The first-order valence-electron chi connectivity index (χ1n) is 12.4. The Morgan fingerprint density at radius 2 is 1.65 bits per heavy atom. The molecule has 1 spiro atoms. The van der Waals surface area contributed by atoms with Gasteiger partial charge in [0.1, 0.15) is 6.23 Å². The van der Waals surface area contributed by atoms with Crippen LogP contribution in [0.4, 0.5) is 4.79 Å². The third kappa shape index (κ3) is 1.85. The maximum atomic E-state index is 13.8. The van der Waals surface area contributed by atoms with Crippen molar-refractivity contribution < 1.29 is 23.9 Å². The van der Waals surface area contributed by atoms with Crippen molar-refractivity contribution in [1.82, 2.24) is 19.4 Å². The van der Waals surface area contributed by atoms with E-state index in [1.165, 1.54) is 7.05 Å². The van der Waals surface area contributed by atoms with Gasteiger partial charge in [-0.15, -0.1) is 0 Å². The van der Waals surface area contributed by atoms with Gasteiger partial charge >= 0.3 is 6.09 Å². The topological polar surface area (TPSA) is 94.8 Å². The van der Waals surface area contributed by atoms with Crippen LogP contribution >= 0.6 is 0 Å². The molecule has 3 aromatic carbocycles. The highest BCUT2D eigenvalue weighted by Crippen LogP contribution is 2.60. The lowest BCUT2D eigenvalue weighted by Gasteiger charge is -2.37. The summed E-state index contributed by atoms with van der Waals surface area (Å²) in [6.45, 7) is 2.26. The lowest BCUT2D eigenvalue weighted by molar-refractivity contribution is -0.178. The van der Waals surface area contributed by atoms with Crippen LogP contribution in [0.1, 0.15) is 35.5 Å². The van der Waals surface area contributed by atoms with Gasteiger partial charge in [0.25, 0.3) is 11.8 Å². The summed E-state index contributed by atoms with van der Waals surface area (Å²) in [4.78, 5) is 40.9. The van der Waals surface area contributed by atoms with E-state index in [4.69, 9.17) is 9.47 Å². The van der Waals surface area contributed by atoms with Gasteiger partial charge in [-0.25, -0.2) is 9.69 Å². The molecule has 9 nitrogen and oxygen atoms in total. The lowest BCUT2D eigenvalue weighted by Crippen LogP contribution is -2.56. The summed E-state index contributed by atoms with van der Waals surface area (Å²) in [7, 11) is 1.45. The van der Waals surface area contributed by atoms with Crippen molar-refractivity contribution in [3.05, 3.63) is 59.7 Å². The van der Waals surface area contributed by atoms with E-state index in [0.29, 0.717) is 12.1 Å². The monoisotopic (exact) mass is 492 g/mol. The summed E-state index contributed by atoms with van der Waals surface area (Å²) < 4.78 is 17.0. The molecule has 6 heterocycles. The van der Waals surface area contributed by atoms with Crippen LogP contribution in [0.25, 0.3) is 43.6 Å². The van der Waals surface area contributed by atoms with Crippen LogP contribution in [0.3, 0.4) is 0 Å². The normalized spacial score (nSPS) is 27.9. The number of nitrogens with one attached hydrogen (secondary N) is 1. The average Bonchev–Trinajstić information content (AvgIpc) is 3.63.